The van der Waals surface area contributed by atoms with E-state index in [1.165, 1.54) is 31.2 Å². The molecule has 0 amide bonds. The van der Waals surface area contributed by atoms with E-state index in [1.807, 2.05) is 6.07 Å². The Morgan fingerprint density at radius 2 is 1.95 bits per heavy atom. The van der Waals surface area contributed by atoms with Crippen molar-refractivity contribution >= 4 is 15.9 Å². The van der Waals surface area contributed by atoms with Crippen LogP contribution in [0.5, 0.6) is 0 Å². The largest absolute Gasteiger partial charge is 0.310 e. The van der Waals surface area contributed by atoms with Gasteiger partial charge in [0.25, 0.3) is 0 Å². The Bertz CT molecular complexity index is 368. The third kappa shape index (κ3) is 6.05. The summed E-state index contributed by atoms with van der Waals surface area (Å²) in [4.78, 5) is 0. The number of hydrogen-bond donors (Lipinski definition) is 1. The minimum atomic E-state index is -0.184. The first kappa shape index (κ1) is 16.6. The molecule has 108 valence electrons. The average molecular weight is 330 g/mol. The maximum absolute atomic E-state index is 13.2. The Morgan fingerprint density at radius 3 is 2.58 bits per heavy atom. The number of hydrogen-bond acceptors (Lipinski definition) is 1. The zero-order valence-corrected chi connectivity index (χ0v) is 13.6. The van der Waals surface area contributed by atoms with Crippen LogP contribution < -0.4 is 5.32 Å². The summed E-state index contributed by atoms with van der Waals surface area (Å²) in [5.74, 6) is -0.184. The highest BCUT2D eigenvalue weighted by Gasteiger charge is 2.13. The minimum absolute atomic E-state index is 0.184. The minimum Gasteiger partial charge on any atom is -0.310 e. The van der Waals surface area contributed by atoms with Crippen molar-refractivity contribution < 1.29 is 4.39 Å². The number of halogens is 2. The molecule has 0 bridgehead atoms. The molecule has 1 nitrogen and oxygen atoms in total. The standard InChI is InChI=1S/C16H25BrFN/c1-3-5-6-7-8-16(19-11-4-2)14-10-9-13(18)12-15(14)17/h9-10,12,16,19H,3-8,11H2,1-2H3. The zero-order valence-electron chi connectivity index (χ0n) is 12.0. The topological polar surface area (TPSA) is 12.0 Å². The van der Waals surface area contributed by atoms with E-state index < -0.39 is 0 Å². The average Bonchev–Trinajstić information content (AvgIpc) is 2.39. The second-order valence-electron chi connectivity index (χ2n) is 5.02. The lowest BCUT2D eigenvalue weighted by molar-refractivity contribution is 0.468. The summed E-state index contributed by atoms with van der Waals surface area (Å²) in [6, 6.07) is 5.33. The van der Waals surface area contributed by atoms with E-state index in [-0.39, 0.29) is 5.82 Å². The van der Waals surface area contributed by atoms with Crippen LogP contribution in [0, 0.1) is 5.82 Å². The van der Waals surface area contributed by atoms with Gasteiger partial charge in [0.05, 0.1) is 0 Å². The molecule has 0 aliphatic heterocycles. The monoisotopic (exact) mass is 329 g/mol. The first-order valence-electron chi connectivity index (χ1n) is 7.37. The molecule has 1 aromatic rings. The summed E-state index contributed by atoms with van der Waals surface area (Å²) in [7, 11) is 0. The van der Waals surface area contributed by atoms with E-state index in [2.05, 4.69) is 35.1 Å². The van der Waals surface area contributed by atoms with E-state index in [0.29, 0.717) is 6.04 Å². The molecule has 1 unspecified atom stereocenters. The van der Waals surface area contributed by atoms with Gasteiger partial charge in [0, 0.05) is 10.5 Å². The summed E-state index contributed by atoms with van der Waals surface area (Å²) < 4.78 is 14.0. The SMILES string of the molecule is CCCCCCC(NCCC)c1ccc(F)cc1Br. The Morgan fingerprint density at radius 1 is 1.16 bits per heavy atom. The number of benzene rings is 1. The lowest BCUT2D eigenvalue weighted by atomic mass is 10.00. The Balaban J connectivity index is 2.66. The van der Waals surface area contributed by atoms with Gasteiger partial charge in [-0.25, -0.2) is 4.39 Å². The Hall–Kier alpha value is -0.410. The van der Waals surface area contributed by atoms with Crippen LogP contribution in [-0.4, -0.2) is 6.54 Å². The molecule has 1 atom stereocenters. The molecule has 19 heavy (non-hydrogen) atoms. The van der Waals surface area contributed by atoms with Crippen molar-refractivity contribution in [1.29, 1.82) is 0 Å². The van der Waals surface area contributed by atoms with Crippen LogP contribution in [-0.2, 0) is 0 Å². The molecule has 0 aliphatic carbocycles. The molecule has 0 spiro atoms. The fourth-order valence-electron chi connectivity index (χ4n) is 2.25. The van der Waals surface area contributed by atoms with Gasteiger partial charge in [0.15, 0.2) is 0 Å². The van der Waals surface area contributed by atoms with Gasteiger partial charge in [0.2, 0.25) is 0 Å². The molecule has 3 heteroatoms. The van der Waals surface area contributed by atoms with Crippen molar-refractivity contribution in [3.8, 4) is 0 Å². The fraction of sp³-hybridized carbons (Fsp3) is 0.625. The van der Waals surface area contributed by atoms with Crippen LogP contribution in [0.15, 0.2) is 22.7 Å². The molecule has 1 rings (SSSR count). The highest BCUT2D eigenvalue weighted by atomic mass is 79.9. The summed E-state index contributed by atoms with van der Waals surface area (Å²) in [5.41, 5.74) is 1.17. The Kier molecular flexibility index (Phi) is 8.31. The van der Waals surface area contributed by atoms with Crippen molar-refractivity contribution in [1.82, 2.24) is 5.32 Å². The van der Waals surface area contributed by atoms with Crippen LogP contribution in [0.1, 0.15) is 64.0 Å². The molecule has 0 aliphatic rings. The lowest BCUT2D eigenvalue weighted by Gasteiger charge is -2.20. The predicted octanol–water partition coefficient (Wildman–Crippen LogP) is 5.60. The second kappa shape index (κ2) is 9.49. The van der Waals surface area contributed by atoms with Gasteiger partial charge < -0.3 is 5.32 Å². The molecular weight excluding hydrogens is 305 g/mol. The van der Waals surface area contributed by atoms with E-state index >= 15 is 0 Å². The molecule has 1 N–H and O–H groups in total. The molecule has 1 aromatic carbocycles. The number of nitrogens with one attached hydrogen (secondary N) is 1. The highest BCUT2D eigenvalue weighted by molar-refractivity contribution is 9.10. The van der Waals surface area contributed by atoms with Crippen LogP contribution in [0.25, 0.3) is 0 Å². The molecule has 0 radical (unpaired) electrons. The van der Waals surface area contributed by atoms with Crippen LogP contribution in [0.4, 0.5) is 4.39 Å². The van der Waals surface area contributed by atoms with E-state index in [0.717, 1.165) is 23.9 Å². The quantitative estimate of drug-likeness (QED) is 0.581. The van der Waals surface area contributed by atoms with Gasteiger partial charge >= 0.3 is 0 Å². The van der Waals surface area contributed by atoms with Crippen molar-refractivity contribution in [3.05, 3.63) is 34.1 Å². The van der Waals surface area contributed by atoms with Gasteiger partial charge in [-0.1, -0.05) is 61.5 Å². The van der Waals surface area contributed by atoms with Crippen molar-refractivity contribution in [2.45, 2.75) is 58.4 Å². The molecular formula is C16H25BrFN. The number of rotatable bonds is 9. The van der Waals surface area contributed by atoms with Crippen LogP contribution >= 0.6 is 15.9 Å². The van der Waals surface area contributed by atoms with Crippen LogP contribution in [0.2, 0.25) is 0 Å². The van der Waals surface area contributed by atoms with Crippen molar-refractivity contribution in [2.75, 3.05) is 6.54 Å². The maximum atomic E-state index is 13.2. The summed E-state index contributed by atoms with van der Waals surface area (Å²) >= 11 is 3.48. The first-order valence-corrected chi connectivity index (χ1v) is 8.16. The molecule has 0 aromatic heterocycles. The van der Waals surface area contributed by atoms with Gasteiger partial charge in [-0.2, -0.15) is 0 Å². The summed E-state index contributed by atoms with van der Waals surface area (Å²) in [5, 5.41) is 3.57. The molecule has 0 saturated heterocycles. The van der Waals surface area contributed by atoms with E-state index in [4.69, 9.17) is 0 Å². The lowest BCUT2D eigenvalue weighted by Crippen LogP contribution is -2.22. The normalized spacial score (nSPS) is 12.6. The van der Waals surface area contributed by atoms with Crippen LogP contribution in [0.3, 0.4) is 0 Å². The Labute approximate surface area is 125 Å². The highest BCUT2D eigenvalue weighted by Crippen LogP contribution is 2.28. The first-order chi connectivity index (χ1) is 9.19. The molecule has 0 fully saturated rings. The van der Waals surface area contributed by atoms with E-state index in [1.54, 1.807) is 12.1 Å². The molecule has 0 saturated carbocycles. The summed E-state index contributed by atoms with van der Waals surface area (Å²) in [6.45, 7) is 5.40. The summed E-state index contributed by atoms with van der Waals surface area (Å²) in [6.07, 6.45) is 7.28. The predicted molar refractivity (Wildman–Crippen MR) is 83.9 cm³/mol. The van der Waals surface area contributed by atoms with Gasteiger partial charge in [-0.15, -0.1) is 0 Å². The maximum Gasteiger partial charge on any atom is 0.124 e. The third-order valence-electron chi connectivity index (χ3n) is 3.33. The van der Waals surface area contributed by atoms with E-state index in [9.17, 15) is 4.39 Å². The number of unbranched alkanes of at least 4 members (excludes halogenated alkanes) is 3. The van der Waals surface area contributed by atoms with Crippen molar-refractivity contribution in [2.24, 2.45) is 0 Å². The second-order valence-corrected chi connectivity index (χ2v) is 5.88. The van der Waals surface area contributed by atoms with Gasteiger partial charge in [0.1, 0.15) is 5.82 Å². The fourth-order valence-corrected chi connectivity index (χ4v) is 2.87. The smallest absolute Gasteiger partial charge is 0.124 e. The van der Waals surface area contributed by atoms with Crippen molar-refractivity contribution in [3.63, 3.8) is 0 Å². The van der Waals surface area contributed by atoms with Gasteiger partial charge in [-0.05, 0) is 37.1 Å². The zero-order chi connectivity index (χ0) is 14.1. The third-order valence-corrected chi connectivity index (χ3v) is 4.01. The van der Waals surface area contributed by atoms with Gasteiger partial charge in [-0.3, -0.25) is 0 Å². The molecule has 0 heterocycles.